The lowest BCUT2D eigenvalue weighted by molar-refractivity contribution is 0.397. The number of methoxy groups -OCH3 is 1. The Kier molecular flexibility index (Phi) is 6.01. The summed E-state index contributed by atoms with van der Waals surface area (Å²) in [6.45, 7) is 0.131. The van der Waals surface area contributed by atoms with E-state index < -0.39 is 10.0 Å². The van der Waals surface area contributed by atoms with E-state index in [0.29, 0.717) is 15.9 Å². The Morgan fingerprint density at radius 2 is 1.78 bits per heavy atom. The first kappa shape index (κ1) is 19.6. The molecule has 0 fully saturated rings. The van der Waals surface area contributed by atoms with E-state index in [1.807, 2.05) is 0 Å². The van der Waals surface area contributed by atoms with Crippen molar-refractivity contribution in [3.8, 4) is 17.0 Å². The molecule has 0 bridgehead atoms. The van der Waals surface area contributed by atoms with E-state index >= 15 is 0 Å². The third-order valence-electron chi connectivity index (χ3n) is 3.88. The second-order valence-electron chi connectivity index (χ2n) is 5.68. The van der Waals surface area contributed by atoms with Gasteiger partial charge in [0.2, 0.25) is 15.9 Å². The van der Waals surface area contributed by atoms with Crippen LogP contribution in [0.3, 0.4) is 0 Å². The van der Waals surface area contributed by atoms with Crippen LogP contribution in [-0.4, -0.2) is 20.5 Å². The second-order valence-corrected chi connectivity index (χ2v) is 8.29. The third kappa shape index (κ3) is 4.78. The van der Waals surface area contributed by atoms with Crippen molar-refractivity contribution in [1.29, 1.82) is 0 Å². The van der Waals surface area contributed by atoms with Crippen LogP contribution >= 0.6 is 23.2 Å². The highest BCUT2D eigenvalue weighted by atomic mass is 35.5. The summed E-state index contributed by atoms with van der Waals surface area (Å²) < 4.78 is 32.6. The molecule has 140 valence electrons. The smallest absolute Gasteiger partial charge is 0.240 e. The van der Waals surface area contributed by atoms with Gasteiger partial charge in [-0.05, 0) is 41.5 Å². The molecule has 0 unspecified atom stereocenters. The summed E-state index contributed by atoms with van der Waals surface area (Å²) in [5.74, 6) is 0.427. The molecule has 5 nitrogen and oxygen atoms in total. The van der Waals surface area contributed by atoms with E-state index in [-0.39, 0.29) is 11.4 Å². The van der Waals surface area contributed by atoms with Crippen molar-refractivity contribution in [3.63, 3.8) is 0 Å². The molecule has 0 radical (unpaired) electrons. The summed E-state index contributed by atoms with van der Waals surface area (Å²) in [6.07, 6.45) is 1.56. The van der Waals surface area contributed by atoms with E-state index in [1.165, 1.54) is 19.2 Å². The predicted octanol–water partition coefficient (Wildman–Crippen LogP) is 4.54. The van der Waals surface area contributed by atoms with Gasteiger partial charge in [0.1, 0.15) is 0 Å². The van der Waals surface area contributed by atoms with Crippen LogP contribution in [0.1, 0.15) is 5.56 Å². The number of halogens is 2. The molecule has 0 saturated carbocycles. The third-order valence-corrected chi connectivity index (χ3v) is 5.85. The van der Waals surface area contributed by atoms with Gasteiger partial charge in [-0.25, -0.2) is 18.1 Å². The first-order chi connectivity index (χ1) is 12.9. The molecule has 0 saturated heterocycles. The SMILES string of the molecule is COc1cc(CNS(=O)(=O)c2ccc(-c3ccc(Cl)cc3Cl)cc2)ccn1. The number of nitrogens with zero attached hydrogens (tertiary/aromatic N) is 1. The minimum Gasteiger partial charge on any atom is -0.481 e. The molecule has 3 rings (SSSR count). The Balaban J connectivity index is 1.76. The van der Waals surface area contributed by atoms with Crippen LogP contribution in [-0.2, 0) is 16.6 Å². The molecular weight excluding hydrogens is 407 g/mol. The number of hydrogen-bond donors (Lipinski definition) is 1. The number of nitrogens with one attached hydrogen (secondary N) is 1. The molecule has 1 N–H and O–H groups in total. The normalized spacial score (nSPS) is 11.4. The fourth-order valence-corrected chi connectivity index (χ4v) is 4.01. The molecule has 0 amide bonds. The largest absolute Gasteiger partial charge is 0.481 e. The first-order valence-corrected chi connectivity index (χ1v) is 10.2. The minimum atomic E-state index is -3.66. The lowest BCUT2D eigenvalue weighted by Crippen LogP contribution is -2.23. The molecule has 0 aliphatic heterocycles. The van der Waals surface area contributed by atoms with E-state index in [2.05, 4.69) is 9.71 Å². The van der Waals surface area contributed by atoms with E-state index in [1.54, 1.807) is 48.7 Å². The maximum absolute atomic E-state index is 12.5. The molecule has 0 aliphatic rings. The molecule has 0 atom stereocenters. The summed E-state index contributed by atoms with van der Waals surface area (Å²) in [7, 11) is -2.15. The minimum absolute atomic E-state index is 0.131. The molecule has 1 heterocycles. The summed E-state index contributed by atoms with van der Waals surface area (Å²) in [6, 6.07) is 15.1. The van der Waals surface area contributed by atoms with Crippen molar-refractivity contribution < 1.29 is 13.2 Å². The van der Waals surface area contributed by atoms with Crippen LogP contribution in [0.25, 0.3) is 11.1 Å². The van der Waals surface area contributed by atoms with Gasteiger partial charge in [-0.2, -0.15) is 0 Å². The highest BCUT2D eigenvalue weighted by molar-refractivity contribution is 7.89. The Bertz CT molecular complexity index is 1050. The van der Waals surface area contributed by atoms with Crippen LogP contribution in [0.5, 0.6) is 5.88 Å². The maximum Gasteiger partial charge on any atom is 0.240 e. The van der Waals surface area contributed by atoms with Gasteiger partial charge in [-0.15, -0.1) is 0 Å². The van der Waals surface area contributed by atoms with Crippen molar-refractivity contribution in [2.45, 2.75) is 11.4 Å². The Hall–Kier alpha value is -2.12. The predicted molar refractivity (Wildman–Crippen MR) is 107 cm³/mol. The number of ether oxygens (including phenoxy) is 1. The second kappa shape index (κ2) is 8.27. The van der Waals surface area contributed by atoms with Crippen molar-refractivity contribution in [2.24, 2.45) is 0 Å². The van der Waals surface area contributed by atoms with Crippen LogP contribution in [0, 0.1) is 0 Å². The number of hydrogen-bond acceptors (Lipinski definition) is 4. The average Bonchev–Trinajstić information content (AvgIpc) is 2.67. The highest BCUT2D eigenvalue weighted by Crippen LogP contribution is 2.30. The van der Waals surface area contributed by atoms with Gasteiger partial charge in [0.25, 0.3) is 0 Å². The van der Waals surface area contributed by atoms with E-state index in [4.69, 9.17) is 27.9 Å². The monoisotopic (exact) mass is 422 g/mol. The van der Waals surface area contributed by atoms with Gasteiger partial charge in [0.05, 0.1) is 12.0 Å². The van der Waals surface area contributed by atoms with Gasteiger partial charge in [-0.3, -0.25) is 0 Å². The summed E-state index contributed by atoms with van der Waals surface area (Å²) in [4.78, 5) is 4.16. The van der Waals surface area contributed by atoms with E-state index in [0.717, 1.165) is 16.7 Å². The van der Waals surface area contributed by atoms with Crippen molar-refractivity contribution in [2.75, 3.05) is 7.11 Å². The molecule has 2 aromatic carbocycles. The fraction of sp³-hybridized carbons (Fsp3) is 0.105. The number of rotatable bonds is 6. The van der Waals surface area contributed by atoms with Gasteiger partial charge >= 0.3 is 0 Å². The maximum atomic E-state index is 12.5. The van der Waals surface area contributed by atoms with Crippen LogP contribution < -0.4 is 9.46 Å². The van der Waals surface area contributed by atoms with Crippen molar-refractivity contribution >= 4 is 33.2 Å². The highest BCUT2D eigenvalue weighted by Gasteiger charge is 2.14. The number of sulfonamides is 1. The van der Waals surface area contributed by atoms with Crippen LogP contribution in [0.4, 0.5) is 0 Å². The van der Waals surface area contributed by atoms with Gasteiger partial charge in [-0.1, -0.05) is 41.4 Å². The molecule has 1 aromatic heterocycles. The number of benzene rings is 2. The molecule has 3 aromatic rings. The summed E-state index contributed by atoms with van der Waals surface area (Å²) in [5, 5.41) is 1.04. The molecule has 8 heteroatoms. The van der Waals surface area contributed by atoms with E-state index in [9.17, 15) is 8.42 Å². The van der Waals surface area contributed by atoms with Crippen molar-refractivity contribution in [3.05, 3.63) is 76.4 Å². The first-order valence-electron chi connectivity index (χ1n) is 7.93. The number of pyridine rings is 1. The standard InChI is InChI=1S/C19H16Cl2N2O3S/c1-26-19-10-13(8-9-22-19)12-23-27(24,25)16-5-2-14(3-6-16)17-7-4-15(20)11-18(17)21/h2-11,23H,12H2,1H3. The topological polar surface area (TPSA) is 68.3 Å². The Morgan fingerprint density at radius 3 is 2.44 bits per heavy atom. The zero-order valence-electron chi connectivity index (χ0n) is 14.3. The molecule has 0 aliphatic carbocycles. The number of aromatic nitrogens is 1. The fourth-order valence-electron chi connectivity index (χ4n) is 2.47. The molecule has 27 heavy (non-hydrogen) atoms. The van der Waals surface area contributed by atoms with Crippen LogP contribution in [0.15, 0.2) is 65.7 Å². The zero-order valence-corrected chi connectivity index (χ0v) is 16.6. The zero-order chi connectivity index (χ0) is 19.4. The van der Waals surface area contributed by atoms with Crippen molar-refractivity contribution in [1.82, 2.24) is 9.71 Å². The van der Waals surface area contributed by atoms with Gasteiger partial charge in [0, 0.05) is 34.4 Å². The molecular formula is C19H16Cl2N2O3S. The Labute approximate surface area is 168 Å². The summed E-state index contributed by atoms with van der Waals surface area (Å²) in [5.41, 5.74) is 2.33. The van der Waals surface area contributed by atoms with Crippen LogP contribution in [0.2, 0.25) is 10.0 Å². The molecule has 0 spiro atoms. The average molecular weight is 423 g/mol. The quantitative estimate of drug-likeness (QED) is 0.632. The van der Waals surface area contributed by atoms with Gasteiger partial charge < -0.3 is 4.74 Å². The Morgan fingerprint density at radius 1 is 1.04 bits per heavy atom. The summed E-state index contributed by atoms with van der Waals surface area (Å²) >= 11 is 12.1. The van der Waals surface area contributed by atoms with Gasteiger partial charge in [0.15, 0.2) is 0 Å². The lowest BCUT2D eigenvalue weighted by atomic mass is 10.1. The lowest BCUT2D eigenvalue weighted by Gasteiger charge is -2.09.